The summed E-state index contributed by atoms with van der Waals surface area (Å²) in [6.07, 6.45) is 2.56. The molecule has 1 aliphatic rings. The van der Waals surface area contributed by atoms with Gasteiger partial charge in [0, 0.05) is 25.0 Å². The van der Waals surface area contributed by atoms with E-state index in [2.05, 4.69) is 10.3 Å². The van der Waals surface area contributed by atoms with Crippen LogP contribution in [-0.4, -0.2) is 18.6 Å². The molecule has 2 aromatic rings. The predicted molar refractivity (Wildman–Crippen MR) is 79.1 cm³/mol. The number of aromatic nitrogens is 1. The molecule has 0 radical (unpaired) electrons. The van der Waals surface area contributed by atoms with Gasteiger partial charge in [-0.1, -0.05) is 17.7 Å². The Kier molecular flexibility index (Phi) is 3.59. The number of pyridine rings is 1. The molecule has 0 bridgehead atoms. The first-order chi connectivity index (χ1) is 9.69. The van der Waals surface area contributed by atoms with E-state index in [-0.39, 0.29) is 5.82 Å². The first-order valence-corrected chi connectivity index (χ1v) is 6.92. The molecule has 20 heavy (non-hydrogen) atoms. The average Bonchev–Trinajstić information content (AvgIpc) is 2.84. The van der Waals surface area contributed by atoms with Crippen LogP contribution in [0.25, 0.3) is 0 Å². The number of hydrogen-bond acceptors (Lipinski definition) is 3. The van der Waals surface area contributed by atoms with Crippen LogP contribution in [0.1, 0.15) is 11.1 Å². The molecular weight excluding hydrogens is 277 g/mol. The van der Waals surface area contributed by atoms with Crippen LogP contribution in [0.2, 0.25) is 5.02 Å². The highest BCUT2D eigenvalue weighted by atomic mass is 35.5. The lowest BCUT2D eigenvalue weighted by molar-refractivity contribution is 0.628. The summed E-state index contributed by atoms with van der Waals surface area (Å²) in [4.78, 5) is 6.41. The van der Waals surface area contributed by atoms with Gasteiger partial charge in [-0.3, -0.25) is 0 Å². The molecule has 5 heteroatoms. The van der Waals surface area contributed by atoms with E-state index in [4.69, 9.17) is 11.6 Å². The van der Waals surface area contributed by atoms with Crippen LogP contribution in [0, 0.1) is 5.82 Å². The monoisotopic (exact) mass is 291 g/mol. The van der Waals surface area contributed by atoms with E-state index in [1.54, 1.807) is 12.3 Å². The number of benzene rings is 1. The number of rotatable bonds is 3. The van der Waals surface area contributed by atoms with Gasteiger partial charge in [0.2, 0.25) is 0 Å². The van der Waals surface area contributed by atoms with Gasteiger partial charge in [-0.05, 0) is 42.8 Å². The minimum atomic E-state index is -0.222. The number of hydrogen-bond donors (Lipinski definition) is 1. The third-order valence-electron chi connectivity index (χ3n) is 3.51. The van der Waals surface area contributed by atoms with Crippen LogP contribution in [0.15, 0.2) is 30.5 Å². The van der Waals surface area contributed by atoms with Crippen LogP contribution in [0.5, 0.6) is 0 Å². The number of nitrogens with one attached hydrogen (secondary N) is 1. The number of anilines is 2. The van der Waals surface area contributed by atoms with Gasteiger partial charge in [-0.15, -0.1) is 0 Å². The van der Waals surface area contributed by atoms with E-state index >= 15 is 0 Å². The smallest absolute Gasteiger partial charge is 0.133 e. The maximum atomic E-state index is 13.4. The van der Waals surface area contributed by atoms with Crippen molar-refractivity contribution in [2.75, 3.05) is 18.5 Å². The molecule has 104 valence electrons. The summed E-state index contributed by atoms with van der Waals surface area (Å²) in [6, 6.07) is 6.87. The SMILES string of the molecule is CNCc1cc(N2CCc3ccc(F)cc32)ncc1Cl. The van der Waals surface area contributed by atoms with Gasteiger partial charge in [0.1, 0.15) is 11.6 Å². The molecule has 3 rings (SSSR count). The van der Waals surface area contributed by atoms with Crippen molar-refractivity contribution in [3.05, 3.63) is 52.4 Å². The zero-order valence-electron chi connectivity index (χ0n) is 11.2. The van der Waals surface area contributed by atoms with Gasteiger partial charge in [0.25, 0.3) is 0 Å². The maximum absolute atomic E-state index is 13.4. The fraction of sp³-hybridized carbons (Fsp3) is 0.267. The Morgan fingerprint density at radius 1 is 1.40 bits per heavy atom. The van der Waals surface area contributed by atoms with Crippen molar-refractivity contribution in [3.8, 4) is 0 Å². The first-order valence-electron chi connectivity index (χ1n) is 6.54. The van der Waals surface area contributed by atoms with Gasteiger partial charge >= 0.3 is 0 Å². The normalized spacial score (nSPS) is 13.7. The molecule has 0 saturated carbocycles. The molecule has 1 aliphatic heterocycles. The topological polar surface area (TPSA) is 28.2 Å². The van der Waals surface area contributed by atoms with E-state index in [9.17, 15) is 4.39 Å². The van der Waals surface area contributed by atoms with E-state index in [1.165, 1.54) is 6.07 Å². The second-order valence-corrected chi connectivity index (χ2v) is 5.25. The first kappa shape index (κ1) is 13.3. The van der Waals surface area contributed by atoms with Gasteiger partial charge in [-0.2, -0.15) is 0 Å². The highest BCUT2D eigenvalue weighted by molar-refractivity contribution is 6.31. The Labute approximate surface area is 122 Å². The molecule has 0 atom stereocenters. The molecule has 0 unspecified atom stereocenters. The van der Waals surface area contributed by atoms with Crippen molar-refractivity contribution >= 4 is 23.1 Å². The highest BCUT2D eigenvalue weighted by Gasteiger charge is 2.22. The van der Waals surface area contributed by atoms with Crippen molar-refractivity contribution in [2.45, 2.75) is 13.0 Å². The summed E-state index contributed by atoms with van der Waals surface area (Å²) in [7, 11) is 1.87. The Hall–Kier alpha value is -1.65. The van der Waals surface area contributed by atoms with Crippen molar-refractivity contribution in [1.82, 2.24) is 10.3 Å². The second kappa shape index (κ2) is 5.38. The van der Waals surface area contributed by atoms with E-state index < -0.39 is 0 Å². The quantitative estimate of drug-likeness (QED) is 0.940. The van der Waals surface area contributed by atoms with Gasteiger partial charge in [0.15, 0.2) is 0 Å². The largest absolute Gasteiger partial charge is 0.326 e. The molecule has 1 N–H and O–H groups in total. The average molecular weight is 292 g/mol. The molecule has 0 spiro atoms. The lowest BCUT2D eigenvalue weighted by Gasteiger charge is -2.19. The lowest BCUT2D eigenvalue weighted by Crippen LogP contribution is -2.16. The van der Waals surface area contributed by atoms with Crippen molar-refractivity contribution in [1.29, 1.82) is 0 Å². The lowest BCUT2D eigenvalue weighted by atomic mass is 10.1. The van der Waals surface area contributed by atoms with Gasteiger partial charge < -0.3 is 10.2 Å². The van der Waals surface area contributed by atoms with Gasteiger partial charge in [-0.25, -0.2) is 9.37 Å². The summed E-state index contributed by atoms with van der Waals surface area (Å²) >= 11 is 6.13. The Morgan fingerprint density at radius 2 is 2.25 bits per heavy atom. The minimum absolute atomic E-state index is 0.222. The Bertz CT molecular complexity index is 645. The van der Waals surface area contributed by atoms with Crippen LogP contribution in [0.3, 0.4) is 0 Å². The molecule has 0 saturated heterocycles. The molecule has 3 nitrogen and oxygen atoms in total. The van der Waals surface area contributed by atoms with E-state index in [1.807, 2.05) is 24.1 Å². The summed E-state index contributed by atoms with van der Waals surface area (Å²) in [5, 5.41) is 3.72. The third-order valence-corrected chi connectivity index (χ3v) is 3.85. The summed E-state index contributed by atoms with van der Waals surface area (Å²) in [5.41, 5.74) is 3.04. The summed E-state index contributed by atoms with van der Waals surface area (Å²) in [6.45, 7) is 1.49. The second-order valence-electron chi connectivity index (χ2n) is 4.84. The summed E-state index contributed by atoms with van der Waals surface area (Å²) < 4.78 is 13.4. The van der Waals surface area contributed by atoms with Crippen LogP contribution >= 0.6 is 11.6 Å². The number of fused-ring (bicyclic) bond motifs is 1. The molecule has 0 fully saturated rings. The molecule has 2 heterocycles. The highest BCUT2D eigenvalue weighted by Crippen LogP contribution is 2.34. The maximum Gasteiger partial charge on any atom is 0.133 e. The third kappa shape index (κ3) is 2.37. The van der Waals surface area contributed by atoms with Crippen LogP contribution in [0.4, 0.5) is 15.9 Å². The molecule has 1 aromatic carbocycles. The predicted octanol–water partition coefficient (Wildman–Crippen LogP) is 3.29. The van der Waals surface area contributed by atoms with Crippen LogP contribution < -0.4 is 10.2 Å². The van der Waals surface area contributed by atoms with Gasteiger partial charge in [0.05, 0.1) is 5.02 Å². The zero-order chi connectivity index (χ0) is 14.1. The molecular formula is C15H15ClFN3. The minimum Gasteiger partial charge on any atom is -0.326 e. The van der Waals surface area contributed by atoms with Crippen molar-refractivity contribution in [2.24, 2.45) is 0 Å². The number of nitrogens with zero attached hydrogens (tertiary/aromatic N) is 2. The molecule has 0 aliphatic carbocycles. The van der Waals surface area contributed by atoms with Crippen molar-refractivity contribution in [3.63, 3.8) is 0 Å². The Balaban J connectivity index is 1.99. The molecule has 1 aromatic heterocycles. The zero-order valence-corrected chi connectivity index (χ0v) is 11.9. The number of halogens is 2. The van der Waals surface area contributed by atoms with Crippen molar-refractivity contribution < 1.29 is 4.39 Å². The Morgan fingerprint density at radius 3 is 3.05 bits per heavy atom. The molecule has 0 amide bonds. The van der Waals surface area contributed by atoms with E-state index in [0.717, 1.165) is 35.6 Å². The standard InChI is InChI=1S/C15H15ClFN3/c1-18-8-11-6-15(19-9-13(11)16)20-5-4-10-2-3-12(17)7-14(10)20/h2-3,6-7,9,18H,4-5,8H2,1H3. The van der Waals surface area contributed by atoms with E-state index in [0.29, 0.717) is 11.6 Å². The fourth-order valence-electron chi connectivity index (χ4n) is 2.53. The van der Waals surface area contributed by atoms with Crippen LogP contribution in [-0.2, 0) is 13.0 Å². The summed E-state index contributed by atoms with van der Waals surface area (Å²) in [5.74, 6) is 0.587. The fourth-order valence-corrected chi connectivity index (χ4v) is 2.70.